The lowest BCUT2D eigenvalue weighted by Crippen LogP contribution is -2.30. The van der Waals surface area contributed by atoms with Crippen LogP contribution < -0.4 is 5.32 Å². The molecule has 2 rings (SSSR count). The smallest absolute Gasteiger partial charge is 0.307 e. The molecule has 1 aliphatic carbocycles. The Morgan fingerprint density at radius 1 is 1.38 bits per heavy atom. The van der Waals surface area contributed by atoms with Crippen LogP contribution in [0.3, 0.4) is 0 Å². The van der Waals surface area contributed by atoms with E-state index in [-0.39, 0.29) is 5.91 Å². The van der Waals surface area contributed by atoms with E-state index < -0.39 is 17.8 Å². The normalized spacial score (nSPS) is 24.8. The fourth-order valence-electron chi connectivity index (χ4n) is 2.86. The van der Waals surface area contributed by atoms with Crippen molar-refractivity contribution >= 4 is 51.8 Å². The number of carbonyl (C=O) groups is 2. The van der Waals surface area contributed by atoms with E-state index in [1.807, 2.05) is 6.92 Å². The topological polar surface area (TPSA) is 66.4 Å². The van der Waals surface area contributed by atoms with Crippen LogP contribution in [-0.2, 0) is 9.59 Å². The van der Waals surface area contributed by atoms with Crippen LogP contribution in [0.2, 0.25) is 5.02 Å². The molecule has 3 atom stereocenters. The van der Waals surface area contributed by atoms with Crippen LogP contribution in [0.4, 0.5) is 5.69 Å². The zero-order valence-corrected chi connectivity index (χ0v) is 14.5. The predicted molar refractivity (Wildman–Crippen MR) is 90.4 cm³/mol. The molecule has 114 valence electrons. The van der Waals surface area contributed by atoms with Crippen LogP contribution in [0.25, 0.3) is 0 Å². The average molecular weight is 422 g/mol. The highest BCUT2D eigenvalue weighted by molar-refractivity contribution is 14.1. The molecule has 1 fully saturated rings. The zero-order valence-electron chi connectivity index (χ0n) is 11.6. The molecule has 3 unspecified atom stereocenters. The van der Waals surface area contributed by atoms with E-state index in [9.17, 15) is 14.7 Å². The molecule has 0 spiro atoms. The summed E-state index contributed by atoms with van der Waals surface area (Å²) in [5.74, 6) is -1.82. The number of amides is 1. The third-order valence-corrected chi connectivity index (χ3v) is 5.21. The van der Waals surface area contributed by atoms with Crippen LogP contribution in [0, 0.1) is 21.3 Å². The van der Waals surface area contributed by atoms with Gasteiger partial charge in [-0.2, -0.15) is 0 Å². The fourth-order valence-corrected chi connectivity index (χ4v) is 3.86. The predicted octanol–water partition coefficient (Wildman–Crippen LogP) is 4.02. The van der Waals surface area contributed by atoms with Gasteiger partial charge < -0.3 is 10.4 Å². The third kappa shape index (κ3) is 3.88. The summed E-state index contributed by atoms with van der Waals surface area (Å²) >= 11 is 7.99. The molecule has 0 aromatic heterocycles. The molecule has 2 N–H and O–H groups in total. The summed E-state index contributed by atoms with van der Waals surface area (Å²) < 4.78 is 0.838. The summed E-state index contributed by atoms with van der Waals surface area (Å²) in [7, 11) is 0. The number of hydrogen-bond donors (Lipinski definition) is 2. The second-order valence-electron chi connectivity index (χ2n) is 5.41. The minimum absolute atomic E-state index is 0.210. The molecule has 1 aliphatic rings. The summed E-state index contributed by atoms with van der Waals surface area (Å²) in [6.45, 7) is 2.03. The van der Waals surface area contributed by atoms with Crippen molar-refractivity contribution in [3.05, 3.63) is 26.8 Å². The van der Waals surface area contributed by atoms with Gasteiger partial charge in [-0.3, -0.25) is 9.59 Å². The highest BCUT2D eigenvalue weighted by atomic mass is 127. The van der Waals surface area contributed by atoms with E-state index in [1.165, 1.54) is 0 Å². The molecule has 4 nitrogen and oxygen atoms in total. The zero-order chi connectivity index (χ0) is 15.6. The van der Waals surface area contributed by atoms with Gasteiger partial charge in [0.25, 0.3) is 0 Å². The molecule has 6 heteroatoms. The van der Waals surface area contributed by atoms with Gasteiger partial charge in [-0.1, -0.05) is 24.9 Å². The molecule has 1 aromatic carbocycles. The molecule has 1 amide bonds. The molecule has 1 aromatic rings. The number of hydrogen-bond acceptors (Lipinski definition) is 2. The number of benzene rings is 1. The maximum absolute atomic E-state index is 12.4. The lowest BCUT2D eigenvalue weighted by atomic mass is 9.95. The molecular formula is C15H17ClINO3. The highest BCUT2D eigenvalue weighted by Gasteiger charge is 2.42. The highest BCUT2D eigenvalue weighted by Crippen LogP contribution is 2.39. The number of carboxylic acid groups (broad SMARTS) is 1. The van der Waals surface area contributed by atoms with Gasteiger partial charge in [0.05, 0.1) is 17.5 Å². The number of anilines is 1. The van der Waals surface area contributed by atoms with Crippen LogP contribution in [-0.4, -0.2) is 17.0 Å². The number of aliphatic carboxylic acids is 1. The lowest BCUT2D eigenvalue weighted by molar-refractivity contribution is -0.145. The molecule has 0 saturated heterocycles. The van der Waals surface area contributed by atoms with Crippen molar-refractivity contribution in [1.29, 1.82) is 0 Å². The largest absolute Gasteiger partial charge is 0.481 e. The van der Waals surface area contributed by atoms with Gasteiger partial charge in [0.15, 0.2) is 0 Å². The van der Waals surface area contributed by atoms with Crippen molar-refractivity contribution in [3.8, 4) is 0 Å². The Kier molecular flexibility index (Phi) is 5.48. The summed E-state index contributed by atoms with van der Waals surface area (Å²) in [4.78, 5) is 23.8. The first-order valence-electron chi connectivity index (χ1n) is 6.91. The van der Waals surface area contributed by atoms with E-state index in [0.717, 1.165) is 9.99 Å². The SMILES string of the molecule is CCC1CC(C(=O)O)C(C(=O)Nc2ccc(Cl)cc2I)C1. The summed E-state index contributed by atoms with van der Waals surface area (Å²) in [6.07, 6.45) is 2.14. The second-order valence-corrected chi connectivity index (χ2v) is 7.01. The van der Waals surface area contributed by atoms with Gasteiger partial charge in [0.1, 0.15) is 0 Å². The van der Waals surface area contributed by atoms with Crippen molar-refractivity contribution in [1.82, 2.24) is 0 Å². The Bertz CT molecular complexity index is 564. The van der Waals surface area contributed by atoms with Crippen molar-refractivity contribution in [2.45, 2.75) is 26.2 Å². The summed E-state index contributed by atoms with van der Waals surface area (Å²) in [6, 6.07) is 5.21. The van der Waals surface area contributed by atoms with Crippen molar-refractivity contribution in [2.75, 3.05) is 5.32 Å². The van der Waals surface area contributed by atoms with Crippen LogP contribution >= 0.6 is 34.2 Å². The monoisotopic (exact) mass is 421 g/mol. The van der Waals surface area contributed by atoms with Crippen LogP contribution in [0.1, 0.15) is 26.2 Å². The Hall–Kier alpha value is -0.820. The number of halogens is 2. The summed E-state index contributed by atoms with van der Waals surface area (Å²) in [5, 5.41) is 12.7. The fraction of sp³-hybridized carbons (Fsp3) is 0.467. The number of carbonyl (C=O) groups excluding carboxylic acids is 1. The maximum Gasteiger partial charge on any atom is 0.307 e. The van der Waals surface area contributed by atoms with E-state index in [2.05, 4.69) is 27.9 Å². The van der Waals surface area contributed by atoms with Gasteiger partial charge in [-0.15, -0.1) is 0 Å². The van der Waals surface area contributed by atoms with E-state index >= 15 is 0 Å². The molecule has 0 bridgehead atoms. The molecule has 0 aliphatic heterocycles. The minimum atomic E-state index is -0.878. The Labute approximate surface area is 142 Å². The van der Waals surface area contributed by atoms with Gasteiger partial charge in [0, 0.05) is 8.59 Å². The van der Waals surface area contributed by atoms with E-state index in [0.29, 0.717) is 29.5 Å². The maximum atomic E-state index is 12.4. The molecule has 21 heavy (non-hydrogen) atoms. The minimum Gasteiger partial charge on any atom is -0.481 e. The van der Waals surface area contributed by atoms with Gasteiger partial charge in [-0.05, 0) is 59.5 Å². The second kappa shape index (κ2) is 6.96. The molecule has 1 saturated carbocycles. The molecule has 0 heterocycles. The number of carboxylic acids is 1. The summed E-state index contributed by atoms with van der Waals surface area (Å²) in [5.41, 5.74) is 0.675. The molecular weight excluding hydrogens is 405 g/mol. The van der Waals surface area contributed by atoms with Gasteiger partial charge >= 0.3 is 5.97 Å². The Morgan fingerprint density at radius 3 is 2.62 bits per heavy atom. The van der Waals surface area contributed by atoms with E-state index in [4.69, 9.17) is 11.6 Å². The first-order chi connectivity index (χ1) is 9.92. The first-order valence-corrected chi connectivity index (χ1v) is 8.36. The quantitative estimate of drug-likeness (QED) is 0.722. The standard InChI is InChI=1S/C15H17ClINO3/c1-2-8-5-10(11(6-8)15(20)21)14(19)18-13-4-3-9(16)7-12(13)17/h3-4,7-8,10-11H,2,5-6H2,1H3,(H,18,19)(H,20,21). The lowest BCUT2D eigenvalue weighted by Gasteiger charge is -2.16. The Balaban J connectivity index is 2.13. The number of rotatable bonds is 4. The van der Waals surface area contributed by atoms with Crippen LogP contribution in [0.5, 0.6) is 0 Å². The first kappa shape index (κ1) is 16.5. The molecule has 0 radical (unpaired) electrons. The Morgan fingerprint density at radius 2 is 2.05 bits per heavy atom. The number of nitrogens with one attached hydrogen (secondary N) is 1. The van der Waals surface area contributed by atoms with Crippen molar-refractivity contribution < 1.29 is 14.7 Å². The van der Waals surface area contributed by atoms with Crippen LogP contribution in [0.15, 0.2) is 18.2 Å². The van der Waals surface area contributed by atoms with E-state index in [1.54, 1.807) is 18.2 Å². The van der Waals surface area contributed by atoms with Gasteiger partial charge in [-0.25, -0.2) is 0 Å². The average Bonchev–Trinajstić information content (AvgIpc) is 2.86. The van der Waals surface area contributed by atoms with Crippen molar-refractivity contribution in [2.24, 2.45) is 17.8 Å². The van der Waals surface area contributed by atoms with Crippen molar-refractivity contribution in [3.63, 3.8) is 0 Å². The van der Waals surface area contributed by atoms with Gasteiger partial charge in [0.2, 0.25) is 5.91 Å². The third-order valence-electron chi connectivity index (χ3n) is 4.08.